The lowest BCUT2D eigenvalue weighted by molar-refractivity contribution is 0.0131. The number of nitrogens with one attached hydrogen (secondary N) is 2. The van der Waals surface area contributed by atoms with E-state index in [0.717, 1.165) is 101 Å². The maximum Gasteiger partial charge on any atom is 0.316 e. The summed E-state index contributed by atoms with van der Waals surface area (Å²) in [6.45, 7) is 8.22. The Morgan fingerprint density at radius 1 is 1.15 bits per heavy atom. The number of halogens is 1. The predicted molar refractivity (Wildman–Crippen MR) is 211 cm³/mol. The van der Waals surface area contributed by atoms with Gasteiger partial charge in [-0.15, -0.1) is 0 Å². The summed E-state index contributed by atoms with van der Waals surface area (Å²) in [5.74, 6) is 1.00. The van der Waals surface area contributed by atoms with Crippen LogP contribution in [0.1, 0.15) is 66.9 Å². The van der Waals surface area contributed by atoms with Crippen molar-refractivity contribution in [2.45, 2.75) is 74.8 Å². The summed E-state index contributed by atoms with van der Waals surface area (Å²) in [5, 5.41) is 5.97. The molecule has 0 aromatic heterocycles. The van der Waals surface area contributed by atoms with Gasteiger partial charge in [-0.3, -0.25) is 13.9 Å². The Bertz CT molecular complexity index is 1850. The van der Waals surface area contributed by atoms with Crippen molar-refractivity contribution < 1.29 is 28.0 Å². The number of nitrogens with zero attached hydrogens (tertiary/aromatic N) is 3. The minimum atomic E-state index is -2.50. The number of anilines is 1. The van der Waals surface area contributed by atoms with Gasteiger partial charge >= 0.3 is 6.03 Å². The molecule has 3 aliphatic heterocycles. The minimum Gasteiger partial charge on any atom is -0.490 e. The van der Waals surface area contributed by atoms with E-state index < -0.39 is 21.9 Å². The summed E-state index contributed by atoms with van der Waals surface area (Å²) in [5.41, 5.74) is 3.52. The van der Waals surface area contributed by atoms with Crippen LogP contribution in [0.5, 0.6) is 5.75 Å². The summed E-state index contributed by atoms with van der Waals surface area (Å²) in [6.07, 6.45) is 10.8. The molecule has 2 unspecified atom stereocenters. The molecule has 2 aromatic carbocycles. The number of hydrogen-bond acceptors (Lipinski definition) is 8. The molecular weight excluding hydrogens is 726 g/mol. The molecule has 3 amide bonds. The number of fused-ring (bicyclic) bond motifs is 4. The third-order valence-corrected chi connectivity index (χ3v) is 14.6. The SMILES string of the molecule is CO[C@H]1/C=C/C[C@H](C)C(NC(=O)N[C@H]2C[C@@H]2CN2CCOCC2)/[SH](=O)=N\C(=O)c2ccc3c(c2)N(C[C@@H]2CC[C@H]21)C[C@@]1(CCCc2cc(Cl)ccc21)CO3. The molecule has 2 aromatic rings. The van der Waals surface area contributed by atoms with Gasteiger partial charge in [-0.1, -0.05) is 36.7 Å². The number of thiol groups is 1. The molecular formula is C41H54ClN5O6S. The number of hydrogen-bond donors (Lipinski definition) is 3. The van der Waals surface area contributed by atoms with Gasteiger partial charge in [-0.05, 0) is 110 Å². The lowest BCUT2D eigenvalue weighted by Gasteiger charge is -2.46. The van der Waals surface area contributed by atoms with Crippen molar-refractivity contribution in [2.75, 3.05) is 64.6 Å². The number of rotatable bonds is 5. The highest BCUT2D eigenvalue weighted by molar-refractivity contribution is 7.76. The Labute approximate surface area is 325 Å². The van der Waals surface area contributed by atoms with E-state index in [2.05, 4.69) is 49.1 Å². The van der Waals surface area contributed by atoms with Crippen molar-refractivity contribution in [2.24, 2.45) is 28.0 Å². The molecule has 2 N–H and O–H groups in total. The number of urea groups is 1. The second-order valence-corrected chi connectivity index (χ2v) is 18.2. The fraction of sp³-hybridized carbons (Fsp3) is 0.610. The quantitative estimate of drug-likeness (QED) is 0.265. The zero-order valence-electron chi connectivity index (χ0n) is 31.4. The standard InChI is InChI=1S/C41H54ClN5O6S/c1-26-5-3-7-36(51-2)32-11-8-29(32)23-47-24-41(14-4-6-27-19-31(42)10-12-33(27)41)25-53-37-13-9-28(21-35(37)47)38(48)45-54(50)39(26)44-40(49)43-34-20-30(34)22-46-15-17-52-18-16-46/h3,7,9-10,12-13,19,21,26,29-30,32,34,36,39,54H,4-6,8,11,14-18,20,22-25H2,1-2H3,(H2,43,44,49)/b7-3+/t26-,29-,30+,32+,34-,36-,39?,41-/m0/s1. The van der Waals surface area contributed by atoms with Gasteiger partial charge in [0.1, 0.15) is 11.1 Å². The summed E-state index contributed by atoms with van der Waals surface area (Å²) in [7, 11) is -0.732. The molecule has 13 heteroatoms. The van der Waals surface area contributed by atoms with Crippen molar-refractivity contribution in [1.82, 2.24) is 15.5 Å². The zero-order chi connectivity index (χ0) is 37.4. The first-order chi connectivity index (χ1) is 26.2. The van der Waals surface area contributed by atoms with E-state index in [-0.39, 0.29) is 29.5 Å². The molecule has 1 spiro atoms. The van der Waals surface area contributed by atoms with Gasteiger partial charge in [-0.25, -0.2) is 4.79 Å². The molecule has 9 atom stereocenters. The van der Waals surface area contributed by atoms with Crippen LogP contribution >= 0.6 is 11.6 Å². The van der Waals surface area contributed by atoms with Crippen molar-refractivity contribution >= 4 is 39.8 Å². The van der Waals surface area contributed by atoms with Crippen molar-refractivity contribution in [3.63, 3.8) is 0 Å². The molecule has 8 rings (SSSR count). The van der Waals surface area contributed by atoms with Crippen LogP contribution in [0.2, 0.25) is 5.02 Å². The third kappa shape index (κ3) is 8.05. The lowest BCUT2D eigenvalue weighted by atomic mass is 9.68. The molecule has 0 radical (unpaired) electrons. The summed E-state index contributed by atoms with van der Waals surface area (Å²) < 4.78 is 36.5. The largest absolute Gasteiger partial charge is 0.490 e. The van der Waals surface area contributed by atoms with E-state index in [4.69, 9.17) is 25.8 Å². The molecule has 3 heterocycles. The smallest absolute Gasteiger partial charge is 0.316 e. The van der Waals surface area contributed by atoms with Gasteiger partial charge in [-0.2, -0.15) is 4.36 Å². The third-order valence-electron chi connectivity index (χ3n) is 12.8. The lowest BCUT2D eigenvalue weighted by Crippen LogP contribution is -2.49. The van der Waals surface area contributed by atoms with Crippen LogP contribution in [0.3, 0.4) is 0 Å². The highest BCUT2D eigenvalue weighted by Gasteiger charge is 2.45. The van der Waals surface area contributed by atoms with Crippen LogP contribution < -0.4 is 20.3 Å². The maximum absolute atomic E-state index is 14.0. The molecule has 292 valence electrons. The number of allylic oxidation sites excluding steroid dienone is 1. The van der Waals surface area contributed by atoms with Gasteiger partial charge in [0, 0.05) is 61.9 Å². The number of morpholine rings is 1. The van der Waals surface area contributed by atoms with E-state index in [1.807, 2.05) is 25.1 Å². The molecule has 2 bridgehead atoms. The Hall–Kier alpha value is -3.16. The topological polar surface area (TPSA) is 122 Å². The Balaban J connectivity index is 1.07. The fourth-order valence-corrected chi connectivity index (χ4v) is 10.8. The first-order valence-electron chi connectivity index (χ1n) is 19.8. The van der Waals surface area contributed by atoms with Crippen LogP contribution in [0.4, 0.5) is 10.5 Å². The second kappa shape index (κ2) is 16.1. The van der Waals surface area contributed by atoms with E-state index in [1.165, 1.54) is 11.1 Å². The average molecular weight is 780 g/mol. The van der Waals surface area contributed by atoms with Crippen LogP contribution in [-0.2, 0) is 31.9 Å². The molecule has 11 nitrogen and oxygen atoms in total. The number of carbonyl (C=O) groups is 2. The van der Waals surface area contributed by atoms with Gasteiger partial charge in [0.05, 0.1) is 42.2 Å². The van der Waals surface area contributed by atoms with E-state index in [1.54, 1.807) is 13.2 Å². The van der Waals surface area contributed by atoms with Gasteiger partial charge in [0.25, 0.3) is 5.91 Å². The predicted octanol–water partition coefficient (Wildman–Crippen LogP) is 5.60. The van der Waals surface area contributed by atoms with Crippen molar-refractivity contribution in [1.29, 1.82) is 0 Å². The van der Waals surface area contributed by atoms with E-state index >= 15 is 0 Å². The van der Waals surface area contributed by atoms with Crippen molar-refractivity contribution in [3.8, 4) is 5.75 Å². The van der Waals surface area contributed by atoms with E-state index in [9.17, 15) is 13.8 Å². The normalized spacial score (nSPS) is 34.9. The Kier molecular flexibility index (Phi) is 11.3. The number of ether oxygens (including phenoxy) is 3. The molecule has 3 fully saturated rings. The number of methoxy groups -OCH3 is 1. The van der Waals surface area contributed by atoms with Crippen LogP contribution in [-0.4, -0.2) is 98.2 Å². The maximum atomic E-state index is 14.0. The Morgan fingerprint density at radius 3 is 2.80 bits per heavy atom. The van der Waals surface area contributed by atoms with Gasteiger partial charge in [0.15, 0.2) is 0 Å². The van der Waals surface area contributed by atoms with Crippen LogP contribution in [0.15, 0.2) is 52.9 Å². The molecule has 2 saturated carbocycles. The van der Waals surface area contributed by atoms with Crippen LogP contribution in [0, 0.1) is 23.7 Å². The average Bonchev–Trinajstić information content (AvgIpc) is 3.91. The molecule has 1 saturated heterocycles. The summed E-state index contributed by atoms with van der Waals surface area (Å²) in [4.78, 5) is 32.0. The molecule has 3 aliphatic carbocycles. The van der Waals surface area contributed by atoms with Crippen molar-refractivity contribution in [3.05, 3.63) is 70.3 Å². The number of carbonyl (C=O) groups excluding carboxylic acids is 2. The first-order valence-corrected chi connectivity index (χ1v) is 21.5. The highest BCUT2D eigenvalue weighted by Crippen LogP contribution is 2.47. The zero-order valence-corrected chi connectivity index (χ0v) is 33.0. The molecule has 6 aliphatic rings. The Morgan fingerprint density at radius 2 is 2.00 bits per heavy atom. The minimum absolute atomic E-state index is 0.0624. The number of amides is 3. The fourth-order valence-electron chi connectivity index (χ4n) is 9.45. The van der Waals surface area contributed by atoms with Crippen LogP contribution in [0.25, 0.3) is 0 Å². The second-order valence-electron chi connectivity index (χ2n) is 16.4. The molecule has 54 heavy (non-hydrogen) atoms. The summed E-state index contributed by atoms with van der Waals surface area (Å²) in [6, 6.07) is 11.4. The summed E-state index contributed by atoms with van der Waals surface area (Å²) >= 11 is 6.47. The number of benzene rings is 2. The van der Waals surface area contributed by atoms with Gasteiger partial charge in [0.2, 0.25) is 0 Å². The highest BCUT2D eigenvalue weighted by atomic mass is 35.5. The first kappa shape index (κ1) is 37.7. The number of aryl methyl sites for hydroxylation is 1. The van der Waals surface area contributed by atoms with E-state index in [0.29, 0.717) is 36.3 Å². The monoisotopic (exact) mass is 779 g/mol. The van der Waals surface area contributed by atoms with Gasteiger partial charge < -0.3 is 29.7 Å².